The Hall–Kier alpha value is -3.29. The lowest BCUT2D eigenvalue weighted by molar-refractivity contribution is -0.132. The Kier molecular flexibility index (Phi) is 5.13. The van der Waals surface area contributed by atoms with E-state index in [1.54, 1.807) is 38.3 Å². The van der Waals surface area contributed by atoms with Crippen LogP contribution in [0.2, 0.25) is 0 Å². The molecule has 1 atom stereocenters. The number of carbonyl (C=O) groups is 3. The highest BCUT2D eigenvalue weighted by atomic mass is 16.5. The summed E-state index contributed by atoms with van der Waals surface area (Å²) in [5.41, 5.74) is -0.222. The van der Waals surface area contributed by atoms with Crippen LogP contribution in [-0.4, -0.2) is 37.0 Å². The maximum absolute atomic E-state index is 13.2. The van der Waals surface area contributed by atoms with Gasteiger partial charge in [-0.25, -0.2) is 9.59 Å². The second kappa shape index (κ2) is 7.38. The lowest BCUT2D eigenvalue weighted by Gasteiger charge is -2.25. The number of furan rings is 1. The van der Waals surface area contributed by atoms with E-state index in [0.717, 1.165) is 4.90 Å². The van der Waals surface area contributed by atoms with Gasteiger partial charge in [0.15, 0.2) is 0 Å². The highest BCUT2D eigenvalue weighted by molar-refractivity contribution is 6.07. The highest BCUT2D eigenvalue weighted by Gasteiger charge is 2.51. The monoisotopic (exact) mass is 386 g/mol. The minimum Gasteiger partial charge on any atom is -0.497 e. The van der Waals surface area contributed by atoms with Crippen molar-refractivity contribution in [2.24, 2.45) is 0 Å². The van der Waals surface area contributed by atoms with E-state index in [0.29, 0.717) is 29.3 Å². The van der Waals surface area contributed by atoms with Gasteiger partial charge >= 0.3 is 12.0 Å². The van der Waals surface area contributed by atoms with Crippen LogP contribution < -0.4 is 10.1 Å². The number of urea groups is 1. The summed E-state index contributed by atoms with van der Waals surface area (Å²) in [5.74, 6) is 0.434. The lowest BCUT2D eigenvalue weighted by Crippen LogP contribution is -2.43. The SMILES string of the molecule is CC[C@@]1(c2ccc(OC)cc2)NC(=O)N(Cc2cc(C(=O)OC)c(C)o2)C1=O. The lowest BCUT2D eigenvalue weighted by atomic mass is 9.87. The van der Waals surface area contributed by atoms with Crippen LogP contribution in [0, 0.1) is 6.92 Å². The molecule has 8 nitrogen and oxygen atoms in total. The Bertz CT molecular complexity index is 917. The molecule has 0 radical (unpaired) electrons. The first-order valence-electron chi connectivity index (χ1n) is 8.82. The van der Waals surface area contributed by atoms with Gasteiger partial charge in [-0.05, 0) is 37.1 Å². The second-order valence-electron chi connectivity index (χ2n) is 6.48. The smallest absolute Gasteiger partial charge is 0.341 e. The van der Waals surface area contributed by atoms with E-state index in [9.17, 15) is 14.4 Å². The van der Waals surface area contributed by atoms with Crippen molar-refractivity contribution in [1.82, 2.24) is 10.2 Å². The molecular formula is C20H22N2O6. The third-order valence-corrected chi connectivity index (χ3v) is 4.98. The summed E-state index contributed by atoms with van der Waals surface area (Å²) < 4.78 is 15.4. The van der Waals surface area contributed by atoms with Crippen LogP contribution >= 0.6 is 0 Å². The molecule has 3 rings (SSSR count). The molecule has 0 unspecified atom stereocenters. The van der Waals surface area contributed by atoms with Crippen LogP contribution in [0.15, 0.2) is 34.7 Å². The van der Waals surface area contributed by atoms with E-state index in [1.165, 1.54) is 13.2 Å². The minimum absolute atomic E-state index is 0.0829. The number of imide groups is 1. The number of carbonyl (C=O) groups excluding carboxylic acids is 3. The molecule has 0 aliphatic carbocycles. The maximum atomic E-state index is 13.2. The van der Waals surface area contributed by atoms with Gasteiger partial charge in [0.2, 0.25) is 0 Å². The number of esters is 1. The van der Waals surface area contributed by atoms with Gasteiger partial charge in [-0.3, -0.25) is 9.69 Å². The third kappa shape index (κ3) is 3.11. The van der Waals surface area contributed by atoms with Crippen LogP contribution in [0.4, 0.5) is 4.79 Å². The first kappa shape index (κ1) is 19.5. The number of hydrogen-bond acceptors (Lipinski definition) is 6. The fourth-order valence-electron chi connectivity index (χ4n) is 3.37. The predicted octanol–water partition coefficient (Wildman–Crippen LogP) is 2.74. The summed E-state index contributed by atoms with van der Waals surface area (Å²) in [6, 6.07) is 7.98. The van der Waals surface area contributed by atoms with Crippen LogP contribution in [0.25, 0.3) is 0 Å². The van der Waals surface area contributed by atoms with Gasteiger partial charge in [-0.1, -0.05) is 19.1 Å². The van der Waals surface area contributed by atoms with E-state index in [4.69, 9.17) is 13.9 Å². The number of amides is 3. The summed E-state index contributed by atoms with van der Waals surface area (Å²) in [7, 11) is 2.83. The zero-order valence-corrected chi connectivity index (χ0v) is 16.2. The maximum Gasteiger partial charge on any atom is 0.341 e. The van der Waals surface area contributed by atoms with E-state index in [1.807, 2.05) is 6.92 Å². The van der Waals surface area contributed by atoms with Crippen molar-refractivity contribution in [3.63, 3.8) is 0 Å². The molecule has 1 aromatic heterocycles. The zero-order valence-electron chi connectivity index (χ0n) is 16.2. The summed E-state index contributed by atoms with van der Waals surface area (Å²) >= 11 is 0. The van der Waals surface area contributed by atoms with Crippen LogP contribution in [-0.2, 0) is 21.6 Å². The summed E-state index contributed by atoms with van der Waals surface area (Å²) in [6.07, 6.45) is 0.380. The first-order chi connectivity index (χ1) is 13.4. The molecule has 0 saturated carbocycles. The van der Waals surface area contributed by atoms with Gasteiger partial charge in [0.25, 0.3) is 5.91 Å². The van der Waals surface area contributed by atoms with Gasteiger partial charge < -0.3 is 19.2 Å². The molecule has 1 fully saturated rings. The van der Waals surface area contributed by atoms with Crippen molar-refractivity contribution in [2.45, 2.75) is 32.4 Å². The Labute approximate surface area is 162 Å². The molecule has 0 spiro atoms. The largest absolute Gasteiger partial charge is 0.497 e. The average molecular weight is 386 g/mol. The fraction of sp³-hybridized carbons (Fsp3) is 0.350. The van der Waals surface area contributed by atoms with Crippen molar-refractivity contribution >= 4 is 17.9 Å². The number of benzene rings is 1. The molecule has 28 heavy (non-hydrogen) atoms. The molecule has 2 heterocycles. The molecular weight excluding hydrogens is 364 g/mol. The van der Waals surface area contributed by atoms with Crippen LogP contribution in [0.1, 0.15) is 40.8 Å². The minimum atomic E-state index is -1.16. The topological polar surface area (TPSA) is 98.1 Å². The molecule has 8 heteroatoms. The summed E-state index contributed by atoms with van der Waals surface area (Å²) in [6.45, 7) is 3.37. The molecule has 1 saturated heterocycles. The van der Waals surface area contributed by atoms with Crippen molar-refractivity contribution in [2.75, 3.05) is 14.2 Å². The summed E-state index contributed by atoms with van der Waals surface area (Å²) in [5, 5.41) is 2.81. The van der Waals surface area contributed by atoms with E-state index < -0.39 is 17.5 Å². The van der Waals surface area contributed by atoms with Gasteiger partial charge in [0.05, 0.1) is 20.8 Å². The number of ether oxygens (including phenoxy) is 2. The molecule has 148 valence electrons. The van der Waals surface area contributed by atoms with Gasteiger partial charge in [0, 0.05) is 0 Å². The first-order valence-corrected chi connectivity index (χ1v) is 8.82. The Morgan fingerprint density at radius 3 is 2.46 bits per heavy atom. The van der Waals surface area contributed by atoms with Gasteiger partial charge in [0.1, 0.15) is 28.4 Å². The normalized spacial score (nSPS) is 18.9. The molecule has 0 bridgehead atoms. The Morgan fingerprint density at radius 1 is 1.21 bits per heavy atom. The number of nitrogens with zero attached hydrogens (tertiary/aromatic N) is 1. The standard InChI is InChI=1S/C20H22N2O6/c1-5-20(13-6-8-14(26-3)9-7-13)18(24)22(19(25)21-20)11-15-10-16(12(2)28-15)17(23)27-4/h6-10H,5,11H2,1-4H3,(H,21,25)/t20-/m0/s1. The molecule has 1 aliphatic heterocycles. The average Bonchev–Trinajstić information content (AvgIpc) is 3.20. The predicted molar refractivity (Wildman–Crippen MR) is 98.8 cm³/mol. The molecule has 1 N–H and O–H groups in total. The number of methoxy groups -OCH3 is 2. The van der Waals surface area contributed by atoms with Gasteiger partial charge in [-0.15, -0.1) is 0 Å². The quantitative estimate of drug-likeness (QED) is 0.606. The van der Waals surface area contributed by atoms with Crippen molar-refractivity contribution in [3.8, 4) is 5.75 Å². The van der Waals surface area contributed by atoms with E-state index in [-0.39, 0.29) is 18.0 Å². The van der Waals surface area contributed by atoms with Crippen molar-refractivity contribution in [3.05, 3.63) is 53.0 Å². The van der Waals surface area contributed by atoms with Crippen molar-refractivity contribution < 1.29 is 28.3 Å². The van der Waals surface area contributed by atoms with E-state index >= 15 is 0 Å². The van der Waals surface area contributed by atoms with Gasteiger partial charge in [-0.2, -0.15) is 0 Å². The number of nitrogens with one attached hydrogen (secondary N) is 1. The number of rotatable bonds is 6. The molecule has 1 aromatic carbocycles. The fourth-order valence-corrected chi connectivity index (χ4v) is 3.37. The van der Waals surface area contributed by atoms with Crippen molar-refractivity contribution in [1.29, 1.82) is 0 Å². The zero-order chi connectivity index (χ0) is 20.5. The highest BCUT2D eigenvalue weighted by Crippen LogP contribution is 2.34. The Morgan fingerprint density at radius 2 is 1.89 bits per heavy atom. The van der Waals surface area contributed by atoms with E-state index in [2.05, 4.69) is 5.32 Å². The summed E-state index contributed by atoms with van der Waals surface area (Å²) in [4.78, 5) is 38.6. The Balaban J connectivity index is 1.89. The second-order valence-corrected chi connectivity index (χ2v) is 6.48. The number of hydrogen-bond donors (Lipinski definition) is 1. The third-order valence-electron chi connectivity index (χ3n) is 4.98. The molecule has 1 aliphatic rings. The van der Waals surface area contributed by atoms with Crippen LogP contribution in [0.3, 0.4) is 0 Å². The van der Waals surface area contributed by atoms with Crippen LogP contribution in [0.5, 0.6) is 5.75 Å². The molecule has 2 aromatic rings. The molecule has 3 amide bonds. The number of aryl methyl sites for hydroxylation is 1.